The van der Waals surface area contributed by atoms with Crippen molar-refractivity contribution in [3.8, 4) is 50.6 Å². The average molecular weight is 1790 g/mol. The first-order valence-electron chi connectivity index (χ1n) is 39.0. The van der Waals surface area contributed by atoms with Gasteiger partial charge in [-0.2, -0.15) is 0 Å². The van der Waals surface area contributed by atoms with Crippen LogP contribution in [0.15, 0.2) is 102 Å². The van der Waals surface area contributed by atoms with Crippen LogP contribution in [-0.4, -0.2) is 243 Å². The molecule has 660 valence electrons. The fourth-order valence-electron chi connectivity index (χ4n) is 14.2. The lowest BCUT2D eigenvalue weighted by Gasteiger charge is -2.44. The largest absolute Gasteiger partial charge is 0.491 e. The fourth-order valence-corrected chi connectivity index (χ4v) is 14.6. The number of halogens is 1. The van der Waals surface area contributed by atoms with Crippen molar-refractivity contribution in [1.29, 1.82) is 0 Å². The van der Waals surface area contributed by atoms with Crippen LogP contribution >= 0.6 is 15.9 Å². The summed E-state index contributed by atoms with van der Waals surface area (Å²) in [6, 6.07) is 29.2. The summed E-state index contributed by atoms with van der Waals surface area (Å²) in [6.45, 7) is 11.2. The maximum Gasteiger partial charge on any atom is 0.303 e. The molecule has 3 saturated heterocycles. The zero-order valence-corrected chi connectivity index (χ0v) is 70.9. The average Bonchev–Trinajstić information content (AvgIpc) is 1.58. The SMILES string of the molecule is CC(=O)OC[C@H]1O[C@H](OCCOc2ccc(-c3c4nc(c(-c5ccc(OCCO[C@H]6O[C@H](COC(C)=O)[C@@H](OC(C)=O)[C@H](OC(C)=O)[C@@H]6OC(C)=O)cc5)c5ccc([nH]5)c(-c5ccc(OCCO[C@H]6O[C@H](COC(C)=O)[C@@H](OC(C)=O)[C@H](OC(C)=O)[C@@H]6OC(C)=O)cc5)c5nc(c(Br)c6ccc3[nH]6)C=C5)C=C4)cc2)[C@@H](OC(C)=O)[C@@H](OC(C)=O)[C@@H]1OC(C)=O. The highest BCUT2D eigenvalue weighted by Crippen LogP contribution is 2.41. The fraction of sp³-hybridized carbons (Fsp3) is 0.419. The molecule has 0 unspecified atom stereocenters. The highest BCUT2D eigenvalue weighted by Gasteiger charge is 2.56. The van der Waals surface area contributed by atoms with Gasteiger partial charge in [0.1, 0.15) is 75.2 Å². The number of esters is 12. The van der Waals surface area contributed by atoms with Gasteiger partial charge in [0.05, 0.1) is 52.6 Å². The minimum atomic E-state index is -1.47. The second-order valence-corrected chi connectivity index (χ2v) is 29.2. The van der Waals surface area contributed by atoms with E-state index in [1.807, 2.05) is 85.0 Å². The molecule has 15 atom stereocenters. The van der Waals surface area contributed by atoms with Crippen molar-refractivity contribution in [2.75, 3.05) is 59.5 Å². The number of rotatable bonds is 33. The van der Waals surface area contributed by atoms with Gasteiger partial charge in [0.25, 0.3) is 0 Å². The molecule has 3 aromatic carbocycles. The highest BCUT2D eigenvalue weighted by molar-refractivity contribution is 9.10. The summed E-state index contributed by atoms with van der Waals surface area (Å²) in [5.41, 5.74) is 8.72. The van der Waals surface area contributed by atoms with Gasteiger partial charge in [-0.25, -0.2) is 9.97 Å². The summed E-state index contributed by atoms with van der Waals surface area (Å²) in [5.74, 6) is -8.07. The number of aromatic nitrogens is 4. The van der Waals surface area contributed by atoms with Gasteiger partial charge in [-0.05, 0) is 118 Å². The van der Waals surface area contributed by atoms with E-state index in [2.05, 4.69) is 25.9 Å². The summed E-state index contributed by atoms with van der Waals surface area (Å²) in [6.07, 6.45) is -13.4. The molecule has 2 N–H and O–H groups in total. The van der Waals surface area contributed by atoms with Crippen LogP contribution in [0.3, 0.4) is 0 Å². The Hall–Kier alpha value is -12.5. The molecule has 3 fully saturated rings. The Bertz CT molecular complexity index is 5040. The molecule has 6 aromatic rings. The smallest absolute Gasteiger partial charge is 0.303 e. The van der Waals surface area contributed by atoms with E-state index in [0.717, 1.165) is 83.1 Å². The second kappa shape index (κ2) is 42.6. The van der Waals surface area contributed by atoms with E-state index in [0.29, 0.717) is 99.9 Å². The Morgan fingerprint density at radius 1 is 0.290 bits per heavy atom. The van der Waals surface area contributed by atoms with E-state index in [9.17, 15) is 57.5 Å². The molecule has 8 bridgehead atoms. The number of ether oxygens (including phenoxy) is 21. The lowest BCUT2D eigenvalue weighted by molar-refractivity contribution is -0.308. The zero-order chi connectivity index (χ0) is 89.2. The summed E-state index contributed by atoms with van der Waals surface area (Å²) < 4.78 is 121. The number of benzene rings is 3. The number of nitrogens with zero attached hydrogens (tertiary/aromatic N) is 2. The standard InChI is InChI=1S/C86H91BrN4O33/c1-42(92)110-39-68-75(113-45(4)95)78(116-48(7)98)81(119-51(10)101)84(122-68)107-36-33-104-57-19-13-54(14-20-57)71-60-25-27-62(88-60)72(55-15-21-58(22-16-55)105-34-37-108-85-82(120-52(11)102)79(117-49(8)99)76(114-46(5)96)69(123-85)40-111-43(2)93)64-29-31-66(90-64)74(87)67-32-30-65(91-67)73(63-28-26-61(71)89-63)56-17-23-59(24-18-56)106-35-38-109-86-83(121-53(12)103)80(118-50(9)100)77(115-47(6)97)70(124-86)41-112-44(3)94/h13-32,68-70,75-86,88,91H,33-41H2,1-12H3/t68-,69-,70-,75-,76-,77-,78+,79+,80+,81+,82+,83+,84+,85+,86+/m1/s1. The van der Waals surface area contributed by atoms with Crippen LogP contribution in [-0.2, 0) is 143 Å². The van der Waals surface area contributed by atoms with Crippen molar-refractivity contribution in [2.45, 2.75) is 175 Å². The van der Waals surface area contributed by atoms with Crippen LogP contribution in [0.2, 0.25) is 0 Å². The zero-order valence-electron chi connectivity index (χ0n) is 69.3. The topological polar surface area (TPSA) is 456 Å². The molecule has 0 radical (unpaired) electrons. The Labute approximate surface area is 717 Å². The van der Waals surface area contributed by atoms with E-state index >= 15 is 0 Å². The van der Waals surface area contributed by atoms with Gasteiger partial charge in [-0.15, -0.1) is 0 Å². The lowest BCUT2D eigenvalue weighted by Crippen LogP contribution is -2.63. The third kappa shape index (κ3) is 24.5. The van der Waals surface area contributed by atoms with Crippen molar-refractivity contribution >= 4 is 134 Å². The molecular weight excluding hydrogens is 1700 g/mol. The third-order valence-electron chi connectivity index (χ3n) is 18.9. The Balaban J connectivity index is 0.913. The Morgan fingerprint density at radius 2 is 0.524 bits per heavy atom. The number of nitrogens with one attached hydrogen (secondary N) is 2. The molecule has 0 aliphatic carbocycles. The molecule has 0 spiro atoms. The molecule has 37 nitrogen and oxygen atoms in total. The molecule has 11 rings (SSSR count). The number of hydrogen-bond acceptors (Lipinski definition) is 35. The first-order chi connectivity index (χ1) is 59.2. The van der Waals surface area contributed by atoms with Gasteiger partial charge in [0.2, 0.25) is 0 Å². The molecule has 5 aliphatic heterocycles. The normalized spacial score (nSPS) is 22.4. The quantitative estimate of drug-likeness (QED) is 0.0220. The van der Waals surface area contributed by atoms with Crippen LogP contribution in [0.25, 0.3) is 79.8 Å². The van der Waals surface area contributed by atoms with E-state index in [-0.39, 0.29) is 39.6 Å². The Kier molecular flexibility index (Phi) is 31.7. The predicted molar refractivity (Wildman–Crippen MR) is 433 cm³/mol. The van der Waals surface area contributed by atoms with Crippen LogP contribution < -0.4 is 14.2 Å². The second-order valence-electron chi connectivity index (χ2n) is 28.4. The van der Waals surface area contributed by atoms with Crippen molar-refractivity contribution < 1.29 is 157 Å². The summed E-state index contributed by atoms with van der Waals surface area (Å²) in [5, 5.41) is 0. The minimum Gasteiger partial charge on any atom is -0.491 e. The van der Waals surface area contributed by atoms with Gasteiger partial charge in [0.15, 0.2) is 73.8 Å². The number of carbonyl (C=O) groups is 12. The lowest BCUT2D eigenvalue weighted by atomic mass is 9.98. The van der Waals surface area contributed by atoms with Crippen molar-refractivity contribution in [3.63, 3.8) is 0 Å². The van der Waals surface area contributed by atoms with Gasteiger partial charge in [-0.3, -0.25) is 57.5 Å². The molecule has 124 heavy (non-hydrogen) atoms. The molecule has 8 heterocycles. The van der Waals surface area contributed by atoms with Crippen LogP contribution in [0.5, 0.6) is 17.2 Å². The molecule has 0 amide bonds. The van der Waals surface area contributed by atoms with Crippen molar-refractivity contribution in [3.05, 3.63) is 124 Å². The molecule has 0 saturated carbocycles. The van der Waals surface area contributed by atoms with E-state index in [4.69, 9.17) is 109 Å². The number of H-pyrrole nitrogens is 2. The monoisotopic (exact) mass is 1790 g/mol. The maximum absolute atomic E-state index is 12.6. The maximum atomic E-state index is 12.6. The number of carbonyl (C=O) groups excluding carboxylic acids is 12. The molecule has 5 aliphatic rings. The highest BCUT2D eigenvalue weighted by atomic mass is 79.9. The summed E-state index contributed by atoms with van der Waals surface area (Å²) in [4.78, 5) is 166. The van der Waals surface area contributed by atoms with E-state index < -0.39 is 184 Å². The Morgan fingerprint density at radius 3 is 0.790 bits per heavy atom. The van der Waals surface area contributed by atoms with Gasteiger partial charge in [0, 0.05) is 116 Å². The van der Waals surface area contributed by atoms with Gasteiger partial charge >= 0.3 is 71.6 Å². The summed E-state index contributed by atoms with van der Waals surface area (Å²) >= 11 is 3.87. The predicted octanol–water partition coefficient (Wildman–Crippen LogP) is 8.85. The molecule has 3 aromatic heterocycles. The first kappa shape index (κ1) is 92.3. The first-order valence-corrected chi connectivity index (χ1v) is 39.8. The van der Waals surface area contributed by atoms with Crippen LogP contribution in [0, 0.1) is 0 Å². The summed E-state index contributed by atoms with van der Waals surface area (Å²) in [7, 11) is 0. The number of fused-ring (bicyclic) bond motifs is 8. The van der Waals surface area contributed by atoms with Crippen LogP contribution in [0.4, 0.5) is 0 Å². The number of hydrogen-bond donors (Lipinski definition) is 2. The van der Waals surface area contributed by atoms with Gasteiger partial charge < -0.3 is 109 Å². The number of aromatic amines is 2. The molecule has 38 heteroatoms. The van der Waals surface area contributed by atoms with Crippen LogP contribution in [0.1, 0.15) is 106 Å². The van der Waals surface area contributed by atoms with E-state index in [1.165, 1.54) is 0 Å². The molecular formula is C86H91BrN4O33. The van der Waals surface area contributed by atoms with Crippen molar-refractivity contribution in [2.24, 2.45) is 0 Å². The van der Waals surface area contributed by atoms with Crippen molar-refractivity contribution in [1.82, 2.24) is 19.9 Å². The minimum absolute atomic E-state index is 0.103. The van der Waals surface area contributed by atoms with Gasteiger partial charge in [-0.1, -0.05) is 36.4 Å². The third-order valence-corrected chi connectivity index (χ3v) is 19.7. The van der Waals surface area contributed by atoms with E-state index in [1.54, 1.807) is 36.4 Å².